The Kier molecular flexibility index (Phi) is 4.10. The van der Waals surface area contributed by atoms with E-state index in [0.717, 1.165) is 10.6 Å². The van der Waals surface area contributed by atoms with Crippen LogP contribution in [0.2, 0.25) is 0 Å². The van der Waals surface area contributed by atoms with Crippen LogP contribution in [0.15, 0.2) is 54.3 Å². The van der Waals surface area contributed by atoms with Gasteiger partial charge in [0.05, 0.1) is 15.5 Å². The highest BCUT2D eigenvalue weighted by atomic mass is 32.2. The summed E-state index contributed by atoms with van der Waals surface area (Å²) < 4.78 is 0. The van der Waals surface area contributed by atoms with E-state index in [-0.39, 0.29) is 5.54 Å². The van der Waals surface area contributed by atoms with Gasteiger partial charge in [0.1, 0.15) is 5.69 Å². The third-order valence-corrected chi connectivity index (χ3v) is 6.00. The highest BCUT2D eigenvalue weighted by Gasteiger charge is 2.40. The summed E-state index contributed by atoms with van der Waals surface area (Å²) in [6, 6.07) is 10.1. The smallest absolute Gasteiger partial charge is 0.158 e. The summed E-state index contributed by atoms with van der Waals surface area (Å²) >= 11 is 3.58. The second kappa shape index (κ2) is 6.29. The lowest BCUT2D eigenvalue weighted by Gasteiger charge is -2.39. The molecule has 0 N–H and O–H groups in total. The minimum absolute atomic E-state index is 0.0497. The Hall–Kier alpha value is -2.16. The number of hydrogen-bond acceptors (Lipinski definition) is 5. The molecule has 0 aromatic carbocycles. The molecule has 1 unspecified atom stereocenters. The van der Waals surface area contributed by atoms with Crippen molar-refractivity contribution in [2.45, 2.75) is 31.8 Å². The lowest BCUT2D eigenvalue weighted by molar-refractivity contribution is 0.173. The molecule has 4 heterocycles. The SMILES string of the molecule is CC(C)(C)N1C(c2ccc(C#Cc3ccccn3)s2)=CN2C=CSC21. The zero-order chi connectivity index (χ0) is 17.4. The Labute approximate surface area is 157 Å². The summed E-state index contributed by atoms with van der Waals surface area (Å²) in [6.07, 6.45) is 6.16. The first-order valence-electron chi connectivity index (χ1n) is 8.16. The van der Waals surface area contributed by atoms with Gasteiger partial charge in [0.15, 0.2) is 5.50 Å². The summed E-state index contributed by atoms with van der Waals surface area (Å²) in [5, 5.41) is 2.16. The van der Waals surface area contributed by atoms with Crippen molar-refractivity contribution in [3.63, 3.8) is 0 Å². The van der Waals surface area contributed by atoms with Crippen LogP contribution in [0.5, 0.6) is 0 Å². The van der Waals surface area contributed by atoms with E-state index in [4.69, 9.17) is 0 Å². The minimum Gasteiger partial charge on any atom is -0.335 e. The highest BCUT2D eigenvalue weighted by molar-refractivity contribution is 8.02. The van der Waals surface area contributed by atoms with Crippen molar-refractivity contribution in [1.82, 2.24) is 14.8 Å². The minimum atomic E-state index is 0.0497. The maximum atomic E-state index is 4.26. The Balaban J connectivity index is 1.63. The van der Waals surface area contributed by atoms with Gasteiger partial charge in [-0.15, -0.1) is 11.3 Å². The van der Waals surface area contributed by atoms with E-state index >= 15 is 0 Å². The van der Waals surface area contributed by atoms with Crippen LogP contribution < -0.4 is 0 Å². The van der Waals surface area contributed by atoms with Gasteiger partial charge in [-0.3, -0.25) is 0 Å². The van der Waals surface area contributed by atoms with Gasteiger partial charge in [0.2, 0.25) is 0 Å². The molecule has 126 valence electrons. The lowest BCUT2D eigenvalue weighted by Crippen LogP contribution is -2.45. The van der Waals surface area contributed by atoms with Crippen LogP contribution in [0.25, 0.3) is 5.70 Å². The first-order chi connectivity index (χ1) is 12.0. The zero-order valence-corrected chi connectivity index (χ0v) is 16.1. The van der Waals surface area contributed by atoms with Crippen LogP contribution >= 0.6 is 23.1 Å². The van der Waals surface area contributed by atoms with Crippen LogP contribution in [0.1, 0.15) is 36.2 Å². The van der Waals surface area contributed by atoms with Crippen molar-refractivity contribution in [2.75, 3.05) is 0 Å². The van der Waals surface area contributed by atoms with Gasteiger partial charge in [0, 0.05) is 24.1 Å². The number of thioether (sulfide) groups is 1. The monoisotopic (exact) mass is 365 g/mol. The van der Waals surface area contributed by atoms with Gasteiger partial charge in [-0.25, -0.2) is 4.98 Å². The van der Waals surface area contributed by atoms with Crippen molar-refractivity contribution in [1.29, 1.82) is 0 Å². The van der Waals surface area contributed by atoms with Crippen molar-refractivity contribution < 1.29 is 0 Å². The van der Waals surface area contributed by atoms with E-state index in [1.807, 2.05) is 30.0 Å². The fourth-order valence-corrected chi connectivity index (χ4v) is 4.96. The maximum Gasteiger partial charge on any atom is 0.158 e. The van der Waals surface area contributed by atoms with Crippen LogP contribution in [-0.4, -0.2) is 25.8 Å². The molecule has 25 heavy (non-hydrogen) atoms. The Morgan fingerprint density at radius 2 is 2.00 bits per heavy atom. The molecule has 3 nitrogen and oxygen atoms in total. The van der Waals surface area contributed by atoms with E-state index in [9.17, 15) is 0 Å². The van der Waals surface area contributed by atoms with E-state index in [1.165, 1.54) is 10.6 Å². The third kappa shape index (κ3) is 3.20. The molecule has 1 atom stereocenters. The first-order valence-corrected chi connectivity index (χ1v) is 9.92. The van der Waals surface area contributed by atoms with E-state index in [2.05, 4.69) is 77.3 Å². The number of pyridine rings is 1. The highest BCUT2D eigenvalue weighted by Crippen LogP contribution is 2.45. The summed E-state index contributed by atoms with van der Waals surface area (Å²) in [5.41, 5.74) is 2.44. The molecule has 0 saturated heterocycles. The topological polar surface area (TPSA) is 19.4 Å². The number of thiophene rings is 1. The molecule has 0 bridgehead atoms. The molecule has 0 saturated carbocycles. The maximum absolute atomic E-state index is 4.26. The summed E-state index contributed by atoms with van der Waals surface area (Å²) in [7, 11) is 0. The van der Waals surface area contributed by atoms with Gasteiger partial charge in [0.25, 0.3) is 0 Å². The number of hydrogen-bond donors (Lipinski definition) is 0. The van der Waals surface area contributed by atoms with Gasteiger partial charge in [-0.05, 0) is 62.3 Å². The van der Waals surface area contributed by atoms with Crippen molar-refractivity contribution in [3.05, 3.63) is 69.8 Å². The third-order valence-electron chi connectivity index (χ3n) is 4.00. The van der Waals surface area contributed by atoms with Crippen molar-refractivity contribution in [3.8, 4) is 11.8 Å². The van der Waals surface area contributed by atoms with Crippen LogP contribution in [0.4, 0.5) is 0 Å². The van der Waals surface area contributed by atoms with Gasteiger partial charge in [-0.1, -0.05) is 17.8 Å². The number of fused-ring (bicyclic) bond motifs is 1. The van der Waals surface area contributed by atoms with Gasteiger partial charge >= 0.3 is 0 Å². The van der Waals surface area contributed by atoms with Crippen molar-refractivity contribution >= 4 is 28.8 Å². The Morgan fingerprint density at radius 3 is 2.76 bits per heavy atom. The Morgan fingerprint density at radius 1 is 1.12 bits per heavy atom. The normalized spacial score (nSPS) is 18.8. The molecule has 5 heteroatoms. The van der Waals surface area contributed by atoms with Crippen LogP contribution in [0.3, 0.4) is 0 Å². The molecule has 4 rings (SSSR count). The summed E-state index contributed by atoms with van der Waals surface area (Å²) in [4.78, 5) is 11.3. The average Bonchev–Trinajstić information content (AvgIpc) is 3.27. The first kappa shape index (κ1) is 16.3. The van der Waals surface area contributed by atoms with Crippen LogP contribution in [0, 0.1) is 11.8 Å². The fraction of sp³-hybridized carbons (Fsp3) is 0.250. The second-order valence-corrected chi connectivity index (χ2v) is 8.93. The largest absolute Gasteiger partial charge is 0.335 e. The molecular formula is C20H19N3S2. The molecule has 2 aromatic rings. The standard InChI is InChI=1S/C20H19N3S2/c1-20(2,3)23-17(14-22-12-13-24-19(22)23)18-10-9-16(25-18)8-7-15-6-4-5-11-21-15/h4-6,9-14,19H,1-3H3. The molecule has 0 spiro atoms. The number of aromatic nitrogens is 1. The summed E-state index contributed by atoms with van der Waals surface area (Å²) in [5.74, 6) is 6.37. The van der Waals surface area contributed by atoms with Crippen LogP contribution in [-0.2, 0) is 0 Å². The summed E-state index contributed by atoms with van der Waals surface area (Å²) in [6.45, 7) is 6.79. The van der Waals surface area contributed by atoms with E-state index in [1.54, 1.807) is 17.5 Å². The number of rotatable bonds is 1. The quantitative estimate of drug-likeness (QED) is 0.679. The molecule has 0 fully saturated rings. The molecule has 0 amide bonds. The number of nitrogens with zero attached hydrogens (tertiary/aromatic N) is 3. The predicted octanol–water partition coefficient (Wildman–Crippen LogP) is 4.76. The average molecular weight is 366 g/mol. The van der Waals surface area contributed by atoms with E-state index in [0.29, 0.717) is 5.50 Å². The van der Waals surface area contributed by atoms with E-state index < -0.39 is 0 Å². The van der Waals surface area contributed by atoms with Gasteiger partial charge in [-0.2, -0.15) is 0 Å². The molecular weight excluding hydrogens is 346 g/mol. The molecule has 2 aliphatic heterocycles. The Bertz CT molecular complexity index is 894. The molecule has 0 radical (unpaired) electrons. The molecule has 2 aliphatic rings. The van der Waals surface area contributed by atoms with Crippen molar-refractivity contribution in [2.24, 2.45) is 0 Å². The molecule has 0 aliphatic carbocycles. The van der Waals surface area contributed by atoms with Gasteiger partial charge < -0.3 is 9.80 Å². The molecule has 2 aromatic heterocycles. The zero-order valence-electron chi connectivity index (χ0n) is 14.4. The fourth-order valence-electron chi connectivity index (χ4n) is 2.92. The second-order valence-electron chi connectivity index (χ2n) is 6.88. The lowest BCUT2D eigenvalue weighted by atomic mass is 10.1. The predicted molar refractivity (Wildman–Crippen MR) is 106 cm³/mol.